The van der Waals surface area contributed by atoms with Crippen molar-refractivity contribution in [2.75, 3.05) is 0 Å². The van der Waals surface area contributed by atoms with Crippen molar-refractivity contribution in [3.8, 4) is 0 Å². The number of aryl methyl sites for hydroxylation is 1. The summed E-state index contributed by atoms with van der Waals surface area (Å²) in [6.07, 6.45) is 3.22. The zero-order valence-electron chi connectivity index (χ0n) is 6.86. The monoisotopic (exact) mass is 239 g/mol. The van der Waals surface area contributed by atoms with Gasteiger partial charge >= 0.3 is 0 Å². The lowest BCUT2D eigenvalue weighted by Crippen LogP contribution is -2.19. The summed E-state index contributed by atoms with van der Waals surface area (Å²) < 4.78 is 2.11. The van der Waals surface area contributed by atoms with Crippen LogP contribution in [0.4, 0.5) is 0 Å². The first-order valence-electron chi connectivity index (χ1n) is 3.66. The maximum Gasteiger partial charge on any atom is 0.292 e. The Hall–Kier alpha value is -1.23. The van der Waals surface area contributed by atoms with Crippen LogP contribution in [0, 0.1) is 0 Å². The summed E-state index contributed by atoms with van der Waals surface area (Å²) >= 11 is 3.28. The Morgan fingerprint density at radius 2 is 2.23 bits per heavy atom. The van der Waals surface area contributed by atoms with E-state index in [-0.39, 0.29) is 5.56 Å². The summed E-state index contributed by atoms with van der Waals surface area (Å²) in [5.41, 5.74) is 0.269. The van der Waals surface area contributed by atoms with Crippen molar-refractivity contribution in [1.29, 1.82) is 0 Å². The van der Waals surface area contributed by atoms with Crippen molar-refractivity contribution in [1.82, 2.24) is 14.8 Å². The number of nitrogens with zero attached hydrogens (tertiary/aromatic N) is 3. The van der Waals surface area contributed by atoms with Gasteiger partial charge in [0.25, 0.3) is 5.56 Å². The fourth-order valence-electron chi connectivity index (χ4n) is 1.09. The van der Waals surface area contributed by atoms with E-state index < -0.39 is 0 Å². The van der Waals surface area contributed by atoms with Gasteiger partial charge in [-0.05, 0) is 22.0 Å². The maximum atomic E-state index is 11.5. The third-order valence-corrected chi connectivity index (χ3v) is 2.18. The van der Waals surface area contributed by atoms with Crippen LogP contribution < -0.4 is 5.56 Å². The van der Waals surface area contributed by atoms with Gasteiger partial charge in [0.05, 0.1) is 6.20 Å². The summed E-state index contributed by atoms with van der Waals surface area (Å²) in [6.45, 7) is 0. The second kappa shape index (κ2) is 2.92. The Bertz CT molecular complexity index is 520. The van der Waals surface area contributed by atoms with Crippen LogP contribution in [-0.2, 0) is 7.05 Å². The minimum atomic E-state index is -0.176. The van der Waals surface area contributed by atoms with Crippen LogP contribution in [0.3, 0.4) is 0 Å². The van der Waals surface area contributed by atoms with Gasteiger partial charge in [-0.3, -0.25) is 4.79 Å². The van der Waals surface area contributed by atoms with E-state index in [1.54, 1.807) is 19.4 Å². The average molecular weight is 240 g/mol. The molecule has 0 bridgehead atoms. The molecule has 0 atom stereocenters. The lowest BCUT2D eigenvalue weighted by molar-refractivity contribution is 0.716. The minimum absolute atomic E-state index is 0.176. The highest BCUT2D eigenvalue weighted by molar-refractivity contribution is 9.10. The van der Waals surface area contributed by atoms with Crippen LogP contribution in [0.2, 0.25) is 0 Å². The Balaban J connectivity index is 2.95. The molecule has 66 valence electrons. The second-order valence-electron chi connectivity index (χ2n) is 2.66. The van der Waals surface area contributed by atoms with Crippen molar-refractivity contribution in [2.24, 2.45) is 7.05 Å². The summed E-state index contributed by atoms with van der Waals surface area (Å²) in [6, 6.07) is 1.82. The summed E-state index contributed by atoms with van der Waals surface area (Å²) in [4.78, 5) is 15.5. The van der Waals surface area contributed by atoms with Gasteiger partial charge in [0.2, 0.25) is 0 Å². The molecule has 0 aliphatic carbocycles. The first kappa shape index (κ1) is 8.37. The molecule has 2 aromatic heterocycles. The molecule has 0 aromatic carbocycles. The van der Waals surface area contributed by atoms with Gasteiger partial charge in [0.1, 0.15) is 5.52 Å². The summed E-state index contributed by atoms with van der Waals surface area (Å²) in [7, 11) is 1.60. The van der Waals surface area contributed by atoms with E-state index in [4.69, 9.17) is 0 Å². The summed E-state index contributed by atoms with van der Waals surface area (Å²) in [5, 5.41) is 4.64. The van der Waals surface area contributed by atoms with E-state index in [0.29, 0.717) is 5.52 Å². The Morgan fingerprint density at radius 1 is 1.46 bits per heavy atom. The molecule has 2 aromatic rings. The van der Waals surface area contributed by atoms with E-state index in [9.17, 15) is 4.79 Å². The van der Waals surface area contributed by atoms with E-state index >= 15 is 0 Å². The van der Waals surface area contributed by atoms with E-state index in [1.165, 1.54) is 4.68 Å². The number of hydrogen-bond acceptors (Lipinski definition) is 3. The van der Waals surface area contributed by atoms with E-state index in [2.05, 4.69) is 26.0 Å². The number of rotatable bonds is 0. The highest BCUT2D eigenvalue weighted by atomic mass is 79.9. The van der Waals surface area contributed by atoms with Crippen LogP contribution in [0.15, 0.2) is 27.7 Å². The Labute approximate surface area is 82.3 Å². The standard InChI is InChI=1S/C8H6BrN3O/c1-12-8(13)7-5(3-11-12)2-6(9)4-10-7/h2-4H,1H3. The van der Waals surface area contributed by atoms with Crippen molar-refractivity contribution < 1.29 is 0 Å². The first-order valence-corrected chi connectivity index (χ1v) is 4.45. The van der Waals surface area contributed by atoms with Crippen LogP contribution >= 0.6 is 15.9 Å². The average Bonchev–Trinajstić information content (AvgIpc) is 2.12. The molecule has 5 heteroatoms. The molecule has 0 fully saturated rings. The molecule has 0 amide bonds. The zero-order valence-corrected chi connectivity index (χ0v) is 8.45. The van der Waals surface area contributed by atoms with E-state index in [1.807, 2.05) is 6.07 Å². The van der Waals surface area contributed by atoms with E-state index in [0.717, 1.165) is 9.86 Å². The van der Waals surface area contributed by atoms with Gasteiger partial charge in [-0.15, -0.1) is 0 Å². The predicted octanol–water partition coefficient (Wildman–Crippen LogP) is 1.09. The van der Waals surface area contributed by atoms with Gasteiger partial charge in [-0.25, -0.2) is 9.67 Å². The molecule has 0 radical (unpaired) electrons. The topological polar surface area (TPSA) is 47.8 Å². The molecule has 4 nitrogen and oxygen atoms in total. The van der Waals surface area contributed by atoms with Crippen molar-refractivity contribution >= 4 is 26.8 Å². The quantitative estimate of drug-likeness (QED) is 0.692. The lowest BCUT2D eigenvalue weighted by atomic mass is 10.3. The van der Waals surface area contributed by atoms with Gasteiger partial charge in [-0.2, -0.15) is 5.10 Å². The Kier molecular flexibility index (Phi) is 1.88. The first-order chi connectivity index (χ1) is 6.18. The fraction of sp³-hybridized carbons (Fsp3) is 0.125. The number of halogens is 1. The van der Waals surface area contributed by atoms with Crippen LogP contribution in [0.25, 0.3) is 10.9 Å². The fourth-order valence-corrected chi connectivity index (χ4v) is 1.44. The van der Waals surface area contributed by atoms with Crippen molar-refractivity contribution in [3.63, 3.8) is 0 Å². The third kappa shape index (κ3) is 1.35. The smallest absolute Gasteiger partial charge is 0.265 e. The molecule has 0 saturated heterocycles. The van der Waals surface area contributed by atoms with Gasteiger partial charge < -0.3 is 0 Å². The molecule has 0 aliphatic rings. The molecule has 2 heterocycles. The maximum absolute atomic E-state index is 11.5. The molecule has 0 unspecified atom stereocenters. The SMILES string of the molecule is Cn1ncc2cc(Br)cnc2c1=O. The molecule has 2 rings (SSSR count). The van der Waals surface area contributed by atoms with Gasteiger partial charge in [0.15, 0.2) is 0 Å². The zero-order chi connectivity index (χ0) is 9.42. The third-order valence-electron chi connectivity index (χ3n) is 1.75. The second-order valence-corrected chi connectivity index (χ2v) is 3.58. The van der Waals surface area contributed by atoms with Crippen LogP contribution in [-0.4, -0.2) is 14.8 Å². The van der Waals surface area contributed by atoms with Crippen LogP contribution in [0.5, 0.6) is 0 Å². The van der Waals surface area contributed by atoms with Crippen molar-refractivity contribution in [3.05, 3.63) is 33.3 Å². The lowest BCUT2D eigenvalue weighted by Gasteiger charge is -1.98. The number of pyridine rings is 1. The highest BCUT2D eigenvalue weighted by Gasteiger charge is 2.02. The van der Waals surface area contributed by atoms with Crippen molar-refractivity contribution in [2.45, 2.75) is 0 Å². The molecule has 13 heavy (non-hydrogen) atoms. The molecular formula is C8H6BrN3O. The molecular weight excluding hydrogens is 234 g/mol. The molecule has 0 spiro atoms. The van der Waals surface area contributed by atoms with Crippen LogP contribution in [0.1, 0.15) is 0 Å². The molecule has 0 aliphatic heterocycles. The van der Waals surface area contributed by atoms with Gasteiger partial charge in [-0.1, -0.05) is 0 Å². The Morgan fingerprint density at radius 3 is 3.00 bits per heavy atom. The molecule has 0 saturated carbocycles. The highest BCUT2D eigenvalue weighted by Crippen LogP contribution is 2.12. The minimum Gasteiger partial charge on any atom is -0.265 e. The number of aromatic nitrogens is 3. The largest absolute Gasteiger partial charge is 0.292 e. The summed E-state index contributed by atoms with van der Waals surface area (Å²) in [5.74, 6) is 0. The molecule has 0 N–H and O–H groups in total. The van der Waals surface area contributed by atoms with Gasteiger partial charge in [0, 0.05) is 23.1 Å². The normalized spacial score (nSPS) is 10.6. The number of hydrogen-bond donors (Lipinski definition) is 0. The number of fused-ring (bicyclic) bond motifs is 1. The predicted molar refractivity (Wildman–Crippen MR) is 52.5 cm³/mol.